The third-order valence-corrected chi connectivity index (χ3v) is 6.76. The van der Waals surface area contributed by atoms with Crippen LogP contribution < -0.4 is 25.0 Å². The largest absolute Gasteiger partial charge is 0.495 e. The highest BCUT2D eigenvalue weighted by Gasteiger charge is 2.25. The highest BCUT2D eigenvalue weighted by Crippen LogP contribution is 2.36. The van der Waals surface area contributed by atoms with Crippen molar-refractivity contribution in [2.24, 2.45) is 0 Å². The second-order valence-corrected chi connectivity index (χ2v) is 9.64. The van der Waals surface area contributed by atoms with Gasteiger partial charge in [-0.1, -0.05) is 37.3 Å². The summed E-state index contributed by atoms with van der Waals surface area (Å²) in [6.45, 7) is 6.82. The molecule has 0 saturated heterocycles. The standard InChI is InChI=1S/C31H35N3O6/c1-5-39-30(36)16-21(3)23-11-13-26-28(19-23)40-15-14-34(26)29(35)18-22-10-12-25(27(17-22)38-4)33-31(37)32-24-9-7-6-8-20(24)2/h6-13,17,19,21H,5,14-16,18H2,1-4H3,(H2,32,33,37). The smallest absolute Gasteiger partial charge is 0.323 e. The minimum atomic E-state index is -0.391. The number of esters is 1. The molecule has 4 rings (SSSR count). The van der Waals surface area contributed by atoms with Crippen molar-refractivity contribution in [1.82, 2.24) is 0 Å². The second kappa shape index (κ2) is 13.0. The molecule has 0 radical (unpaired) electrons. The van der Waals surface area contributed by atoms with Gasteiger partial charge in [0, 0.05) is 5.69 Å². The summed E-state index contributed by atoms with van der Waals surface area (Å²) in [5, 5.41) is 5.64. The van der Waals surface area contributed by atoms with Crippen LogP contribution in [0.2, 0.25) is 0 Å². The molecule has 0 saturated carbocycles. The molecule has 3 amide bonds. The summed E-state index contributed by atoms with van der Waals surface area (Å²) >= 11 is 0. The van der Waals surface area contributed by atoms with Gasteiger partial charge in [0.2, 0.25) is 5.91 Å². The molecule has 0 aliphatic carbocycles. The molecule has 3 aromatic carbocycles. The monoisotopic (exact) mass is 545 g/mol. The lowest BCUT2D eigenvalue weighted by Crippen LogP contribution is -2.38. The number of urea groups is 1. The number of fused-ring (bicyclic) bond motifs is 1. The van der Waals surface area contributed by atoms with Gasteiger partial charge >= 0.3 is 12.0 Å². The van der Waals surface area contributed by atoms with Crippen LogP contribution in [0.4, 0.5) is 21.9 Å². The Morgan fingerprint density at radius 3 is 2.55 bits per heavy atom. The van der Waals surface area contributed by atoms with Gasteiger partial charge in [0.05, 0.1) is 44.5 Å². The zero-order valence-electron chi connectivity index (χ0n) is 23.3. The zero-order valence-corrected chi connectivity index (χ0v) is 23.3. The molecular weight excluding hydrogens is 510 g/mol. The van der Waals surface area contributed by atoms with E-state index in [1.807, 2.05) is 56.3 Å². The lowest BCUT2D eigenvalue weighted by atomic mass is 9.96. The number of ether oxygens (including phenoxy) is 3. The van der Waals surface area contributed by atoms with Crippen LogP contribution in [0.3, 0.4) is 0 Å². The zero-order chi connectivity index (χ0) is 28.6. The number of nitrogens with one attached hydrogen (secondary N) is 2. The first kappa shape index (κ1) is 28.5. The van der Waals surface area contributed by atoms with Crippen molar-refractivity contribution in [1.29, 1.82) is 0 Å². The maximum atomic E-state index is 13.4. The molecule has 0 aromatic heterocycles. The van der Waals surface area contributed by atoms with Gasteiger partial charge in [-0.3, -0.25) is 9.59 Å². The van der Waals surface area contributed by atoms with E-state index >= 15 is 0 Å². The molecule has 1 atom stereocenters. The number of carbonyl (C=O) groups excluding carboxylic acids is 3. The lowest BCUT2D eigenvalue weighted by Gasteiger charge is -2.30. The van der Waals surface area contributed by atoms with Gasteiger partial charge in [0.25, 0.3) is 0 Å². The Kier molecular flexibility index (Phi) is 9.27. The lowest BCUT2D eigenvalue weighted by molar-refractivity contribution is -0.143. The molecule has 1 heterocycles. The van der Waals surface area contributed by atoms with Crippen molar-refractivity contribution >= 4 is 35.0 Å². The van der Waals surface area contributed by atoms with Crippen LogP contribution >= 0.6 is 0 Å². The molecule has 9 nitrogen and oxygen atoms in total. The van der Waals surface area contributed by atoms with Crippen molar-refractivity contribution in [2.75, 3.05) is 42.4 Å². The number of methoxy groups -OCH3 is 1. The molecule has 1 aliphatic heterocycles. The van der Waals surface area contributed by atoms with Gasteiger partial charge in [-0.05, 0) is 66.8 Å². The van der Waals surface area contributed by atoms with E-state index in [4.69, 9.17) is 14.2 Å². The van der Waals surface area contributed by atoms with E-state index in [1.54, 1.807) is 30.0 Å². The Balaban J connectivity index is 1.43. The number of aryl methyl sites for hydroxylation is 1. The van der Waals surface area contributed by atoms with E-state index in [2.05, 4.69) is 10.6 Å². The van der Waals surface area contributed by atoms with Crippen molar-refractivity contribution in [2.45, 2.75) is 39.5 Å². The molecule has 0 bridgehead atoms. The highest BCUT2D eigenvalue weighted by atomic mass is 16.5. The molecule has 3 aromatic rings. The van der Waals surface area contributed by atoms with Crippen molar-refractivity contribution in [3.05, 3.63) is 77.4 Å². The third kappa shape index (κ3) is 6.91. The Bertz CT molecular complexity index is 1390. The van der Waals surface area contributed by atoms with E-state index < -0.39 is 6.03 Å². The topological polar surface area (TPSA) is 106 Å². The minimum Gasteiger partial charge on any atom is -0.495 e. The van der Waals surface area contributed by atoms with E-state index in [9.17, 15) is 14.4 Å². The predicted molar refractivity (Wildman–Crippen MR) is 154 cm³/mol. The second-order valence-electron chi connectivity index (χ2n) is 9.64. The number of rotatable bonds is 9. The maximum Gasteiger partial charge on any atom is 0.323 e. The number of amides is 3. The summed E-state index contributed by atoms with van der Waals surface area (Å²) in [4.78, 5) is 39.5. The Hall–Kier alpha value is -4.53. The van der Waals surface area contributed by atoms with Gasteiger partial charge < -0.3 is 29.7 Å². The average Bonchev–Trinajstić information content (AvgIpc) is 2.94. The van der Waals surface area contributed by atoms with Crippen LogP contribution in [0.25, 0.3) is 0 Å². The normalized spacial score (nSPS) is 12.9. The third-order valence-electron chi connectivity index (χ3n) is 6.76. The van der Waals surface area contributed by atoms with Crippen LogP contribution in [0.1, 0.15) is 42.9 Å². The summed E-state index contributed by atoms with van der Waals surface area (Å²) in [6.07, 6.45) is 0.419. The number of benzene rings is 3. The molecule has 40 heavy (non-hydrogen) atoms. The van der Waals surface area contributed by atoms with Crippen LogP contribution in [0.5, 0.6) is 11.5 Å². The first-order chi connectivity index (χ1) is 19.3. The van der Waals surface area contributed by atoms with E-state index in [-0.39, 0.29) is 30.6 Å². The van der Waals surface area contributed by atoms with E-state index in [0.717, 1.165) is 16.7 Å². The van der Waals surface area contributed by atoms with Crippen LogP contribution in [0.15, 0.2) is 60.7 Å². The number of para-hydroxylation sites is 1. The molecular formula is C31H35N3O6. The Morgan fingerprint density at radius 2 is 1.80 bits per heavy atom. The summed E-state index contributed by atoms with van der Waals surface area (Å²) in [5.74, 6) is 0.695. The first-order valence-corrected chi connectivity index (χ1v) is 13.3. The fraction of sp³-hybridized carbons (Fsp3) is 0.323. The highest BCUT2D eigenvalue weighted by molar-refractivity contribution is 6.01. The molecule has 210 valence electrons. The Labute approximate surface area is 234 Å². The number of hydrogen-bond acceptors (Lipinski definition) is 6. The van der Waals surface area contributed by atoms with Crippen LogP contribution in [0, 0.1) is 6.92 Å². The summed E-state index contributed by atoms with van der Waals surface area (Å²) in [7, 11) is 1.52. The van der Waals surface area contributed by atoms with Crippen molar-refractivity contribution < 1.29 is 28.6 Å². The number of hydrogen-bond donors (Lipinski definition) is 2. The van der Waals surface area contributed by atoms with Gasteiger partial charge in [-0.2, -0.15) is 0 Å². The summed E-state index contributed by atoms with van der Waals surface area (Å²) < 4.78 is 16.4. The predicted octanol–water partition coefficient (Wildman–Crippen LogP) is 5.67. The van der Waals surface area contributed by atoms with Crippen molar-refractivity contribution in [3.8, 4) is 11.5 Å². The van der Waals surface area contributed by atoms with Gasteiger partial charge in [-0.15, -0.1) is 0 Å². The molecule has 9 heteroatoms. The summed E-state index contributed by atoms with van der Waals surface area (Å²) in [6, 6.07) is 18.1. The molecule has 1 aliphatic rings. The number of anilines is 3. The first-order valence-electron chi connectivity index (χ1n) is 13.3. The summed E-state index contributed by atoms with van der Waals surface area (Å²) in [5.41, 5.74) is 4.55. The molecule has 0 fully saturated rings. The number of nitrogens with zero attached hydrogens (tertiary/aromatic N) is 1. The van der Waals surface area contributed by atoms with Crippen molar-refractivity contribution in [3.63, 3.8) is 0 Å². The molecule has 2 N–H and O–H groups in total. The fourth-order valence-corrected chi connectivity index (χ4v) is 4.60. The maximum absolute atomic E-state index is 13.4. The minimum absolute atomic E-state index is 0.0441. The van der Waals surface area contributed by atoms with Gasteiger partial charge in [-0.25, -0.2) is 4.79 Å². The van der Waals surface area contributed by atoms with Crippen LogP contribution in [-0.4, -0.2) is 44.8 Å². The Morgan fingerprint density at radius 1 is 1.02 bits per heavy atom. The molecule has 0 spiro atoms. The van der Waals surface area contributed by atoms with E-state index in [0.29, 0.717) is 48.3 Å². The quantitative estimate of drug-likeness (QED) is 0.336. The SMILES string of the molecule is CCOC(=O)CC(C)c1ccc2c(c1)OCCN2C(=O)Cc1ccc(NC(=O)Nc2ccccc2C)c(OC)c1. The van der Waals surface area contributed by atoms with Gasteiger partial charge in [0.15, 0.2) is 0 Å². The number of carbonyl (C=O) groups is 3. The molecule has 1 unspecified atom stereocenters. The average molecular weight is 546 g/mol. The van der Waals surface area contributed by atoms with Gasteiger partial charge in [0.1, 0.15) is 18.1 Å². The fourth-order valence-electron chi connectivity index (χ4n) is 4.60. The van der Waals surface area contributed by atoms with Crippen LogP contribution in [-0.2, 0) is 20.7 Å². The van der Waals surface area contributed by atoms with E-state index in [1.165, 1.54) is 7.11 Å².